The number of hydrogen-bond donors (Lipinski definition) is 2. The van der Waals surface area contributed by atoms with E-state index in [-0.39, 0.29) is 25.0 Å². The van der Waals surface area contributed by atoms with Crippen molar-refractivity contribution in [1.82, 2.24) is 10.2 Å². The molecule has 1 amide bonds. The third-order valence-corrected chi connectivity index (χ3v) is 4.08. The van der Waals surface area contributed by atoms with Crippen LogP contribution in [0.1, 0.15) is 32.6 Å². The van der Waals surface area contributed by atoms with E-state index in [0.717, 1.165) is 25.7 Å². The molecule has 2 saturated carbocycles. The first-order chi connectivity index (χ1) is 9.27. The molecule has 0 aromatic rings. The third-order valence-electron chi connectivity index (χ3n) is 4.08. The van der Waals surface area contributed by atoms with Crippen LogP contribution < -0.4 is 11.1 Å². The number of nitrogens with one attached hydrogen (secondary N) is 1. The number of carbonyl (C=O) groups excluding carboxylic acids is 1. The van der Waals surface area contributed by atoms with Crippen LogP contribution in [0.3, 0.4) is 0 Å². The molecule has 0 radical (unpaired) electrons. The lowest BCUT2D eigenvalue weighted by Gasteiger charge is -2.37. The number of likely N-dealkylation sites (N-methyl/N-ethyl adjacent to an activating group) is 1. The number of hydrogen-bond acceptors (Lipinski definition) is 3. The van der Waals surface area contributed by atoms with Crippen LogP contribution in [0.4, 0.5) is 13.2 Å². The lowest BCUT2D eigenvalue weighted by atomic mass is 9.91. The summed E-state index contributed by atoms with van der Waals surface area (Å²) in [4.78, 5) is 13.2. The maximum Gasteiger partial charge on any atom is 0.401 e. The number of carbonyl (C=O) groups is 1. The Morgan fingerprint density at radius 1 is 1.25 bits per heavy atom. The summed E-state index contributed by atoms with van der Waals surface area (Å²) in [6.07, 6.45) is -0.624. The van der Waals surface area contributed by atoms with Crippen molar-refractivity contribution < 1.29 is 18.0 Å². The maximum atomic E-state index is 12.6. The minimum atomic E-state index is -4.26. The van der Waals surface area contributed by atoms with Crippen LogP contribution in [0, 0.1) is 5.92 Å². The van der Waals surface area contributed by atoms with Gasteiger partial charge in [0.1, 0.15) is 5.54 Å². The molecule has 0 saturated heterocycles. The lowest BCUT2D eigenvalue weighted by molar-refractivity contribution is -0.150. The van der Waals surface area contributed by atoms with Gasteiger partial charge in [-0.2, -0.15) is 13.2 Å². The number of primary amides is 1. The van der Waals surface area contributed by atoms with E-state index in [9.17, 15) is 18.0 Å². The summed E-state index contributed by atoms with van der Waals surface area (Å²) in [5.41, 5.74) is 4.55. The molecule has 0 aliphatic heterocycles. The predicted molar refractivity (Wildman–Crippen MR) is 69.0 cm³/mol. The highest BCUT2D eigenvalue weighted by Crippen LogP contribution is 2.42. The Morgan fingerprint density at radius 2 is 1.85 bits per heavy atom. The van der Waals surface area contributed by atoms with Crippen LogP contribution in [0.5, 0.6) is 0 Å². The Bertz CT molecular complexity index is 366. The summed E-state index contributed by atoms with van der Waals surface area (Å²) in [5.74, 6) is -0.449. The van der Waals surface area contributed by atoms with Gasteiger partial charge in [0.25, 0.3) is 0 Å². The Hall–Kier alpha value is -0.820. The van der Waals surface area contributed by atoms with E-state index in [0.29, 0.717) is 0 Å². The lowest BCUT2D eigenvalue weighted by Crippen LogP contribution is -2.64. The van der Waals surface area contributed by atoms with Gasteiger partial charge in [-0.1, -0.05) is 6.92 Å². The number of halogens is 3. The topological polar surface area (TPSA) is 58.4 Å². The molecule has 20 heavy (non-hydrogen) atoms. The van der Waals surface area contributed by atoms with Crippen LogP contribution in [0.15, 0.2) is 0 Å². The van der Waals surface area contributed by atoms with Crippen molar-refractivity contribution in [3.8, 4) is 0 Å². The zero-order valence-electron chi connectivity index (χ0n) is 11.7. The fraction of sp³-hybridized carbons (Fsp3) is 0.923. The zero-order chi connectivity index (χ0) is 15.0. The molecule has 4 nitrogen and oxygen atoms in total. The first-order valence-corrected chi connectivity index (χ1v) is 7.13. The van der Waals surface area contributed by atoms with E-state index in [1.807, 2.05) is 0 Å². The molecule has 2 aliphatic carbocycles. The third kappa shape index (κ3) is 3.85. The summed E-state index contributed by atoms with van der Waals surface area (Å²) in [6, 6.07) is 0.229. The van der Waals surface area contributed by atoms with E-state index in [1.165, 1.54) is 4.90 Å². The van der Waals surface area contributed by atoms with E-state index in [2.05, 4.69) is 5.32 Å². The average molecular weight is 293 g/mol. The standard InChI is InChI=1S/C13H22F3N3O/c1-2-19(8-13(14,15)16)7-12(11(17)20,9-3-4-9)18-10-5-6-10/h9-10,18H,2-8H2,1H3,(H2,17,20). The molecule has 2 rings (SSSR count). The summed E-state index contributed by atoms with van der Waals surface area (Å²) in [7, 11) is 0. The first-order valence-electron chi connectivity index (χ1n) is 7.13. The van der Waals surface area contributed by atoms with Crippen molar-refractivity contribution >= 4 is 5.91 Å². The number of rotatable bonds is 8. The molecule has 0 heterocycles. The Kier molecular flexibility index (Phi) is 4.30. The summed E-state index contributed by atoms with van der Waals surface area (Å²) >= 11 is 0. The number of nitrogens with two attached hydrogens (primary N) is 1. The van der Waals surface area contributed by atoms with Gasteiger partial charge in [-0.3, -0.25) is 15.0 Å². The van der Waals surface area contributed by atoms with Crippen LogP contribution >= 0.6 is 0 Å². The zero-order valence-corrected chi connectivity index (χ0v) is 11.7. The molecular formula is C13H22F3N3O. The molecule has 0 aromatic carbocycles. The smallest absolute Gasteiger partial charge is 0.368 e. The molecule has 0 bridgehead atoms. The highest BCUT2D eigenvalue weighted by molar-refractivity contribution is 5.86. The fourth-order valence-electron chi connectivity index (χ4n) is 2.70. The van der Waals surface area contributed by atoms with Crippen LogP contribution in [0.25, 0.3) is 0 Å². The Balaban J connectivity index is 2.10. The molecule has 2 fully saturated rings. The van der Waals surface area contributed by atoms with Gasteiger partial charge in [-0.25, -0.2) is 0 Å². The van der Waals surface area contributed by atoms with Crippen molar-refractivity contribution in [2.24, 2.45) is 11.7 Å². The molecule has 0 aromatic heterocycles. The van der Waals surface area contributed by atoms with Crippen LogP contribution in [0.2, 0.25) is 0 Å². The van der Waals surface area contributed by atoms with Crippen molar-refractivity contribution in [3.63, 3.8) is 0 Å². The second-order valence-electron chi connectivity index (χ2n) is 5.95. The van der Waals surface area contributed by atoms with Crippen molar-refractivity contribution in [1.29, 1.82) is 0 Å². The Labute approximate surface area is 116 Å². The molecule has 0 spiro atoms. The summed E-state index contributed by atoms with van der Waals surface area (Å²) < 4.78 is 37.7. The van der Waals surface area contributed by atoms with Crippen LogP contribution in [-0.2, 0) is 4.79 Å². The summed E-state index contributed by atoms with van der Waals surface area (Å²) in [5, 5.41) is 3.23. The van der Waals surface area contributed by atoms with Gasteiger partial charge in [0.15, 0.2) is 0 Å². The first kappa shape index (κ1) is 15.6. The molecule has 1 atom stereocenters. The molecule has 1 unspecified atom stereocenters. The second-order valence-corrected chi connectivity index (χ2v) is 5.95. The molecule has 3 N–H and O–H groups in total. The van der Waals surface area contributed by atoms with Crippen LogP contribution in [-0.4, -0.2) is 48.2 Å². The van der Waals surface area contributed by atoms with E-state index in [1.54, 1.807) is 6.92 Å². The van der Waals surface area contributed by atoms with Gasteiger partial charge in [0.05, 0.1) is 6.54 Å². The average Bonchev–Trinajstić information content (AvgIpc) is 3.17. The molecule has 116 valence electrons. The minimum Gasteiger partial charge on any atom is -0.368 e. The van der Waals surface area contributed by atoms with Gasteiger partial charge in [0, 0.05) is 12.6 Å². The molecular weight excluding hydrogens is 271 g/mol. The van der Waals surface area contributed by atoms with E-state index in [4.69, 9.17) is 5.73 Å². The number of amides is 1. The predicted octanol–water partition coefficient (Wildman–Crippen LogP) is 1.26. The van der Waals surface area contributed by atoms with E-state index >= 15 is 0 Å². The highest BCUT2D eigenvalue weighted by Gasteiger charge is 2.53. The highest BCUT2D eigenvalue weighted by atomic mass is 19.4. The number of alkyl halides is 3. The van der Waals surface area contributed by atoms with Crippen molar-refractivity contribution in [2.45, 2.75) is 50.4 Å². The molecule has 7 heteroatoms. The van der Waals surface area contributed by atoms with Gasteiger partial charge in [-0.05, 0) is 38.1 Å². The summed E-state index contributed by atoms with van der Waals surface area (Å²) in [6.45, 7) is 0.951. The van der Waals surface area contributed by atoms with Gasteiger partial charge >= 0.3 is 6.18 Å². The SMILES string of the molecule is CCN(CC(F)(F)F)CC(NC1CC1)(C(N)=O)C1CC1. The number of nitrogens with zero attached hydrogens (tertiary/aromatic N) is 1. The minimum absolute atomic E-state index is 0.0412. The van der Waals surface area contributed by atoms with Gasteiger partial charge in [0.2, 0.25) is 5.91 Å². The Morgan fingerprint density at radius 3 is 2.20 bits per heavy atom. The van der Waals surface area contributed by atoms with Crippen molar-refractivity contribution in [3.05, 3.63) is 0 Å². The molecule has 2 aliphatic rings. The van der Waals surface area contributed by atoms with Gasteiger partial charge in [-0.15, -0.1) is 0 Å². The maximum absolute atomic E-state index is 12.6. The van der Waals surface area contributed by atoms with E-state index < -0.39 is 24.2 Å². The quantitative estimate of drug-likeness (QED) is 0.708. The largest absolute Gasteiger partial charge is 0.401 e. The fourth-order valence-corrected chi connectivity index (χ4v) is 2.70. The normalized spacial score (nSPS) is 22.9. The monoisotopic (exact) mass is 293 g/mol. The van der Waals surface area contributed by atoms with Crippen molar-refractivity contribution in [2.75, 3.05) is 19.6 Å². The van der Waals surface area contributed by atoms with Gasteiger partial charge < -0.3 is 5.73 Å². The second kappa shape index (κ2) is 5.52.